The molecule has 1 amide bonds. The number of aromatic nitrogens is 2. The van der Waals surface area contributed by atoms with E-state index in [-0.39, 0.29) is 12.5 Å². The number of aryl methyl sites for hydroxylation is 2. The van der Waals surface area contributed by atoms with Crippen LogP contribution in [0.25, 0.3) is 11.1 Å². The van der Waals surface area contributed by atoms with Crippen LogP contribution in [0.1, 0.15) is 33.5 Å². The van der Waals surface area contributed by atoms with Crippen LogP contribution in [0.15, 0.2) is 28.1 Å². The zero-order chi connectivity index (χ0) is 16.6. The van der Waals surface area contributed by atoms with Gasteiger partial charge in [0.05, 0.1) is 23.2 Å². The Labute approximate surface area is 137 Å². The first-order valence-electron chi connectivity index (χ1n) is 7.16. The Balaban J connectivity index is 1.85. The Morgan fingerprint density at radius 1 is 1.48 bits per heavy atom. The molecule has 1 atom stereocenters. The number of amides is 1. The largest absolute Gasteiger partial charge is 0.383 e. The lowest BCUT2D eigenvalue weighted by Gasteiger charge is -2.22. The van der Waals surface area contributed by atoms with Gasteiger partial charge >= 0.3 is 0 Å². The number of carbonyl (C=O) groups is 1. The number of aliphatic hydroxyl groups is 1. The lowest BCUT2D eigenvalue weighted by atomic mass is 10.0. The minimum atomic E-state index is -1.12. The second-order valence-corrected chi connectivity index (χ2v) is 6.64. The third-order valence-electron chi connectivity index (χ3n) is 3.63. The maximum atomic E-state index is 12.6. The molecule has 0 spiro atoms. The summed E-state index contributed by atoms with van der Waals surface area (Å²) in [5.41, 5.74) is 0.965. The molecule has 0 aromatic carbocycles. The number of nitrogens with zero attached hydrogens (tertiary/aromatic N) is 2. The first-order chi connectivity index (χ1) is 10.9. The van der Waals surface area contributed by atoms with Gasteiger partial charge in [0.25, 0.3) is 11.6 Å². The van der Waals surface area contributed by atoms with E-state index in [4.69, 9.17) is 4.52 Å². The van der Waals surface area contributed by atoms with Crippen LogP contribution in [0.2, 0.25) is 0 Å². The predicted molar refractivity (Wildman–Crippen MR) is 87.5 cm³/mol. The molecular weight excluding hydrogens is 314 g/mol. The highest BCUT2D eigenvalue weighted by molar-refractivity contribution is 7.10. The SMILES string of the molecule is Cc1cc(C(=O)NCC(C)(O)c2cccs2)c2c(C)noc2n1. The monoisotopic (exact) mass is 331 g/mol. The molecule has 23 heavy (non-hydrogen) atoms. The number of hydrogen-bond acceptors (Lipinski definition) is 6. The van der Waals surface area contributed by atoms with Crippen LogP contribution in [-0.4, -0.2) is 27.7 Å². The average Bonchev–Trinajstić information content (AvgIpc) is 3.15. The third-order valence-corrected chi connectivity index (χ3v) is 4.76. The summed E-state index contributed by atoms with van der Waals surface area (Å²) in [6.07, 6.45) is 0. The quantitative estimate of drug-likeness (QED) is 0.767. The Morgan fingerprint density at radius 2 is 2.26 bits per heavy atom. The number of fused-ring (bicyclic) bond motifs is 1. The number of thiophene rings is 1. The average molecular weight is 331 g/mol. The van der Waals surface area contributed by atoms with Crippen molar-refractivity contribution in [3.8, 4) is 0 Å². The van der Waals surface area contributed by atoms with Crippen LogP contribution >= 0.6 is 11.3 Å². The van der Waals surface area contributed by atoms with Crippen LogP contribution < -0.4 is 5.32 Å². The fourth-order valence-electron chi connectivity index (χ4n) is 2.42. The highest BCUT2D eigenvalue weighted by atomic mass is 32.1. The van der Waals surface area contributed by atoms with Crippen LogP contribution in [0.4, 0.5) is 0 Å². The van der Waals surface area contributed by atoms with Crippen molar-refractivity contribution >= 4 is 28.3 Å². The lowest BCUT2D eigenvalue weighted by Crippen LogP contribution is -2.38. The molecule has 0 aliphatic carbocycles. The van der Waals surface area contributed by atoms with E-state index < -0.39 is 5.60 Å². The van der Waals surface area contributed by atoms with Crippen molar-refractivity contribution in [2.45, 2.75) is 26.4 Å². The molecule has 3 aromatic rings. The van der Waals surface area contributed by atoms with Gasteiger partial charge in [-0.1, -0.05) is 11.2 Å². The van der Waals surface area contributed by atoms with Crippen LogP contribution in [0, 0.1) is 13.8 Å². The van der Waals surface area contributed by atoms with Crippen LogP contribution in [0.3, 0.4) is 0 Å². The highest BCUT2D eigenvalue weighted by Gasteiger charge is 2.26. The zero-order valence-electron chi connectivity index (χ0n) is 13.1. The Hall–Kier alpha value is -2.25. The van der Waals surface area contributed by atoms with Gasteiger partial charge in [0.15, 0.2) is 0 Å². The second-order valence-electron chi connectivity index (χ2n) is 5.69. The van der Waals surface area contributed by atoms with Gasteiger partial charge < -0.3 is 14.9 Å². The molecule has 3 heterocycles. The molecular formula is C16H17N3O3S. The number of hydrogen-bond donors (Lipinski definition) is 2. The minimum absolute atomic E-state index is 0.111. The van der Waals surface area contributed by atoms with Crippen molar-refractivity contribution in [3.05, 3.63) is 45.4 Å². The van der Waals surface area contributed by atoms with Gasteiger partial charge in [-0.2, -0.15) is 0 Å². The van der Waals surface area contributed by atoms with Gasteiger partial charge in [-0.05, 0) is 38.3 Å². The number of pyridine rings is 1. The predicted octanol–water partition coefficient (Wildman–Crippen LogP) is 2.54. The number of nitrogens with one attached hydrogen (secondary N) is 1. The molecule has 0 saturated heterocycles. The number of rotatable bonds is 4. The standard InChI is InChI=1S/C16H17N3O3S/c1-9-7-11(13-10(2)19-22-15(13)18-9)14(20)17-8-16(3,21)12-5-4-6-23-12/h4-7,21H,8H2,1-3H3,(H,17,20). The Bertz CT molecular complexity index is 853. The molecule has 2 N–H and O–H groups in total. The minimum Gasteiger partial charge on any atom is -0.383 e. The van der Waals surface area contributed by atoms with Crippen LogP contribution in [-0.2, 0) is 5.60 Å². The van der Waals surface area contributed by atoms with Crippen LogP contribution in [0.5, 0.6) is 0 Å². The van der Waals surface area contributed by atoms with Gasteiger partial charge in [-0.15, -0.1) is 11.3 Å². The molecule has 6 nitrogen and oxygen atoms in total. The molecule has 0 fully saturated rings. The molecule has 120 valence electrons. The summed E-state index contributed by atoms with van der Waals surface area (Å²) in [5, 5.41) is 19.6. The fraction of sp³-hybridized carbons (Fsp3) is 0.312. The summed E-state index contributed by atoms with van der Waals surface area (Å²) in [6, 6.07) is 5.41. The summed E-state index contributed by atoms with van der Waals surface area (Å²) >= 11 is 1.45. The van der Waals surface area contributed by atoms with Crippen molar-refractivity contribution in [1.82, 2.24) is 15.5 Å². The third kappa shape index (κ3) is 2.97. The van der Waals surface area contributed by atoms with Crippen molar-refractivity contribution in [2.24, 2.45) is 0 Å². The van der Waals surface area contributed by atoms with Crippen molar-refractivity contribution in [3.63, 3.8) is 0 Å². The molecule has 0 saturated carbocycles. The lowest BCUT2D eigenvalue weighted by molar-refractivity contribution is 0.0557. The summed E-state index contributed by atoms with van der Waals surface area (Å²) in [7, 11) is 0. The van der Waals surface area contributed by atoms with E-state index in [2.05, 4.69) is 15.5 Å². The van der Waals surface area contributed by atoms with Gasteiger partial charge in [0.2, 0.25) is 0 Å². The summed E-state index contributed by atoms with van der Waals surface area (Å²) in [6.45, 7) is 5.34. The van der Waals surface area contributed by atoms with Gasteiger partial charge in [0.1, 0.15) is 5.60 Å². The highest BCUT2D eigenvalue weighted by Crippen LogP contribution is 2.25. The molecule has 3 rings (SSSR count). The smallest absolute Gasteiger partial charge is 0.258 e. The number of carbonyl (C=O) groups excluding carboxylic acids is 1. The van der Waals surface area contributed by atoms with Gasteiger partial charge in [-0.3, -0.25) is 4.79 Å². The maximum absolute atomic E-state index is 12.6. The topological polar surface area (TPSA) is 88.2 Å². The summed E-state index contributed by atoms with van der Waals surface area (Å²) in [5.74, 6) is -0.288. The molecule has 1 unspecified atom stereocenters. The van der Waals surface area contributed by atoms with E-state index in [1.807, 2.05) is 17.5 Å². The maximum Gasteiger partial charge on any atom is 0.258 e. The van der Waals surface area contributed by atoms with Crippen molar-refractivity contribution < 1.29 is 14.4 Å². The normalized spacial score (nSPS) is 13.9. The van der Waals surface area contributed by atoms with Crippen molar-refractivity contribution in [1.29, 1.82) is 0 Å². The van der Waals surface area contributed by atoms with E-state index in [9.17, 15) is 9.90 Å². The Kier molecular flexibility index (Phi) is 3.91. The van der Waals surface area contributed by atoms with E-state index >= 15 is 0 Å². The molecule has 0 aliphatic heterocycles. The van der Waals surface area contributed by atoms with E-state index in [1.54, 1.807) is 26.8 Å². The zero-order valence-corrected chi connectivity index (χ0v) is 13.9. The second kappa shape index (κ2) is 5.75. The Morgan fingerprint density at radius 3 is 2.96 bits per heavy atom. The first-order valence-corrected chi connectivity index (χ1v) is 8.04. The summed E-state index contributed by atoms with van der Waals surface area (Å²) < 4.78 is 5.14. The van der Waals surface area contributed by atoms with E-state index in [1.165, 1.54) is 11.3 Å². The van der Waals surface area contributed by atoms with E-state index in [0.717, 1.165) is 4.88 Å². The molecule has 7 heteroatoms. The summed E-state index contributed by atoms with van der Waals surface area (Å²) in [4.78, 5) is 17.6. The fourth-order valence-corrected chi connectivity index (χ4v) is 3.20. The van der Waals surface area contributed by atoms with Gasteiger partial charge in [-0.25, -0.2) is 4.98 Å². The first kappa shape index (κ1) is 15.6. The van der Waals surface area contributed by atoms with Crippen molar-refractivity contribution in [2.75, 3.05) is 6.54 Å². The molecule has 0 bridgehead atoms. The molecule has 3 aromatic heterocycles. The molecule has 0 aliphatic rings. The molecule has 0 radical (unpaired) electrons. The van der Waals surface area contributed by atoms with Gasteiger partial charge in [0, 0.05) is 10.6 Å². The van der Waals surface area contributed by atoms with E-state index in [0.29, 0.717) is 28.1 Å².